The van der Waals surface area contributed by atoms with Crippen LogP contribution in [0, 0.1) is 13.8 Å². The summed E-state index contributed by atoms with van der Waals surface area (Å²) < 4.78 is 7.53. The van der Waals surface area contributed by atoms with Gasteiger partial charge >= 0.3 is 6.09 Å². The Morgan fingerprint density at radius 1 is 1.31 bits per heavy atom. The third-order valence-corrected chi connectivity index (χ3v) is 5.07. The van der Waals surface area contributed by atoms with Crippen molar-refractivity contribution >= 4 is 17.4 Å². The summed E-state index contributed by atoms with van der Waals surface area (Å²) in [5.41, 5.74) is 6.07. The van der Waals surface area contributed by atoms with Gasteiger partial charge in [0.1, 0.15) is 0 Å². The van der Waals surface area contributed by atoms with Crippen LogP contribution < -0.4 is 15.4 Å². The Morgan fingerprint density at radius 3 is 2.81 bits per heavy atom. The maximum atomic E-state index is 11.8. The molecule has 6 nitrogen and oxygen atoms in total. The Labute approximate surface area is 152 Å². The van der Waals surface area contributed by atoms with Gasteiger partial charge in [-0.2, -0.15) is 0 Å². The molecule has 0 radical (unpaired) electrons. The Balaban J connectivity index is 1.84. The smallest absolute Gasteiger partial charge is 0.408 e. The molecule has 3 aromatic rings. The molecule has 0 aliphatic carbocycles. The lowest BCUT2D eigenvalue weighted by Gasteiger charge is -2.29. The van der Waals surface area contributed by atoms with Crippen molar-refractivity contribution in [2.24, 2.45) is 0 Å². The van der Waals surface area contributed by atoms with Crippen LogP contribution in [0.2, 0.25) is 0 Å². The zero-order valence-electron chi connectivity index (χ0n) is 15.2. The Hall–Kier alpha value is -3.02. The van der Waals surface area contributed by atoms with E-state index in [-0.39, 0.29) is 6.04 Å². The number of rotatable bonds is 2. The maximum Gasteiger partial charge on any atom is 0.412 e. The monoisotopic (exact) mass is 350 g/mol. The van der Waals surface area contributed by atoms with Gasteiger partial charge in [0.05, 0.1) is 23.6 Å². The second kappa shape index (κ2) is 6.37. The van der Waals surface area contributed by atoms with Gasteiger partial charge in [0.2, 0.25) is 0 Å². The van der Waals surface area contributed by atoms with E-state index in [2.05, 4.69) is 34.9 Å². The van der Waals surface area contributed by atoms with Crippen molar-refractivity contribution in [3.63, 3.8) is 0 Å². The summed E-state index contributed by atoms with van der Waals surface area (Å²) in [5.74, 6) is 0.575. The molecule has 4 rings (SSSR count). The number of carbonyl (C=O) groups is 1. The predicted octanol–water partition coefficient (Wildman–Crippen LogP) is 3.77. The normalized spacial score (nSPS) is 16.0. The lowest BCUT2D eigenvalue weighted by atomic mass is 9.93. The van der Waals surface area contributed by atoms with Gasteiger partial charge in [-0.15, -0.1) is 0 Å². The van der Waals surface area contributed by atoms with Gasteiger partial charge in [0, 0.05) is 18.3 Å². The number of hydrogen-bond acceptors (Lipinski definition) is 4. The molecule has 1 atom stereocenters. The molecule has 1 aliphatic rings. The highest BCUT2D eigenvalue weighted by Crippen LogP contribution is 2.40. The van der Waals surface area contributed by atoms with E-state index in [4.69, 9.17) is 9.72 Å². The van der Waals surface area contributed by atoms with Crippen LogP contribution in [0.1, 0.15) is 35.0 Å². The van der Waals surface area contributed by atoms with Gasteiger partial charge in [-0.1, -0.05) is 30.3 Å². The van der Waals surface area contributed by atoms with Gasteiger partial charge < -0.3 is 15.4 Å². The number of hydrogen-bond donors (Lipinski definition) is 2. The van der Waals surface area contributed by atoms with Crippen LogP contribution in [0.5, 0.6) is 5.75 Å². The molecule has 1 amide bonds. The van der Waals surface area contributed by atoms with Crippen molar-refractivity contribution in [1.82, 2.24) is 14.7 Å². The van der Waals surface area contributed by atoms with Crippen molar-refractivity contribution in [2.75, 3.05) is 12.4 Å². The van der Waals surface area contributed by atoms with Gasteiger partial charge in [0.15, 0.2) is 11.4 Å². The molecular formula is C20H22N4O2. The van der Waals surface area contributed by atoms with Gasteiger partial charge in [-0.3, -0.25) is 4.40 Å². The lowest BCUT2D eigenvalue weighted by Crippen LogP contribution is -2.25. The first-order valence-electron chi connectivity index (χ1n) is 8.80. The van der Waals surface area contributed by atoms with Crippen LogP contribution in [0.3, 0.4) is 0 Å². The van der Waals surface area contributed by atoms with Crippen LogP contribution in [0.15, 0.2) is 36.5 Å². The highest BCUT2D eigenvalue weighted by molar-refractivity contribution is 5.79. The van der Waals surface area contributed by atoms with E-state index in [9.17, 15) is 4.79 Å². The van der Waals surface area contributed by atoms with Crippen LogP contribution in [-0.2, 0) is 6.42 Å². The van der Waals surface area contributed by atoms with Crippen molar-refractivity contribution in [2.45, 2.75) is 32.7 Å². The Morgan fingerprint density at radius 2 is 2.08 bits per heavy atom. The number of nitrogens with one attached hydrogen (secondary N) is 2. The first kappa shape index (κ1) is 16.4. The van der Waals surface area contributed by atoms with Crippen LogP contribution in [-0.4, -0.2) is 22.5 Å². The first-order valence-corrected chi connectivity index (χ1v) is 8.80. The maximum absolute atomic E-state index is 11.8. The molecule has 1 aromatic carbocycles. The average Bonchev–Trinajstić information content (AvgIpc) is 2.96. The third-order valence-electron chi connectivity index (χ3n) is 5.07. The minimum atomic E-state index is -0.466. The molecule has 0 bridgehead atoms. The van der Waals surface area contributed by atoms with E-state index in [1.165, 1.54) is 5.56 Å². The Bertz CT molecular complexity index is 979. The quantitative estimate of drug-likeness (QED) is 0.738. The second-order valence-electron chi connectivity index (χ2n) is 6.61. The number of ether oxygens (including phenoxy) is 1. The van der Waals surface area contributed by atoms with E-state index in [0.717, 1.165) is 41.1 Å². The van der Waals surface area contributed by atoms with Crippen LogP contribution in [0.25, 0.3) is 5.65 Å². The average molecular weight is 350 g/mol. The minimum absolute atomic E-state index is 0.208. The van der Waals surface area contributed by atoms with E-state index in [0.29, 0.717) is 5.75 Å². The number of imidazole rings is 1. The number of benzene rings is 1. The summed E-state index contributed by atoms with van der Waals surface area (Å²) in [6.45, 7) is 4.01. The third kappa shape index (κ3) is 2.67. The van der Waals surface area contributed by atoms with Crippen LogP contribution in [0.4, 0.5) is 10.5 Å². The second-order valence-corrected chi connectivity index (χ2v) is 6.61. The number of carbonyl (C=O) groups excluding carboxylic acids is 1. The van der Waals surface area contributed by atoms with E-state index < -0.39 is 6.09 Å². The summed E-state index contributed by atoms with van der Waals surface area (Å²) in [5, 5.41) is 6.15. The summed E-state index contributed by atoms with van der Waals surface area (Å²) in [7, 11) is 1.56. The molecule has 0 spiro atoms. The van der Waals surface area contributed by atoms with Gasteiger partial charge in [0.25, 0.3) is 0 Å². The molecule has 0 unspecified atom stereocenters. The number of fused-ring (bicyclic) bond motifs is 3. The number of anilines is 1. The molecular weight excluding hydrogens is 328 g/mol. The molecule has 26 heavy (non-hydrogen) atoms. The number of nitrogens with zero attached hydrogens (tertiary/aromatic N) is 2. The van der Waals surface area contributed by atoms with Crippen LogP contribution >= 0.6 is 0 Å². The molecule has 134 valence electrons. The summed E-state index contributed by atoms with van der Waals surface area (Å²) in [6.07, 6.45) is 3.14. The van der Waals surface area contributed by atoms with Gasteiger partial charge in [-0.05, 0) is 32.3 Å². The topological polar surface area (TPSA) is 67.7 Å². The summed E-state index contributed by atoms with van der Waals surface area (Å²) in [4.78, 5) is 16.5. The largest absolute Gasteiger partial charge is 0.412 e. The molecule has 0 fully saturated rings. The SMILES string of the molecule is CNC(=O)Oc1cn2c(C)c(C)nc2c2c1CC[C@@H](c1ccccc1)N2. The predicted molar refractivity (Wildman–Crippen MR) is 101 cm³/mol. The number of amides is 1. The molecule has 2 aromatic heterocycles. The summed E-state index contributed by atoms with van der Waals surface area (Å²) in [6, 6.07) is 10.6. The van der Waals surface area contributed by atoms with Gasteiger partial charge in [-0.25, -0.2) is 9.78 Å². The van der Waals surface area contributed by atoms with E-state index in [1.807, 2.05) is 30.5 Å². The van der Waals surface area contributed by atoms with Crippen molar-refractivity contribution in [3.8, 4) is 5.75 Å². The van der Waals surface area contributed by atoms with E-state index >= 15 is 0 Å². The van der Waals surface area contributed by atoms with E-state index in [1.54, 1.807) is 7.05 Å². The van der Waals surface area contributed by atoms with Crippen molar-refractivity contribution < 1.29 is 9.53 Å². The first-order chi connectivity index (χ1) is 12.6. The van der Waals surface area contributed by atoms with Crippen molar-refractivity contribution in [3.05, 3.63) is 59.0 Å². The fourth-order valence-corrected chi connectivity index (χ4v) is 3.52. The Kier molecular flexibility index (Phi) is 4.03. The summed E-state index contributed by atoms with van der Waals surface area (Å²) >= 11 is 0. The number of pyridine rings is 1. The fraction of sp³-hybridized carbons (Fsp3) is 0.300. The molecule has 0 saturated carbocycles. The number of aromatic nitrogens is 2. The molecule has 3 heterocycles. The lowest BCUT2D eigenvalue weighted by molar-refractivity contribution is 0.202. The molecule has 1 aliphatic heterocycles. The fourth-order valence-electron chi connectivity index (χ4n) is 3.52. The molecule has 0 saturated heterocycles. The zero-order chi connectivity index (χ0) is 18.3. The minimum Gasteiger partial charge on any atom is -0.408 e. The standard InChI is InChI=1S/C20H22N4O2/c1-12-13(2)24-11-17(26-20(25)21-3)15-9-10-16(14-7-5-4-6-8-14)23-18(15)19(24)22-12/h4-8,11,16,23H,9-10H2,1-3H3,(H,21,25)/t16-/m0/s1. The van der Waals surface area contributed by atoms with Crippen molar-refractivity contribution in [1.29, 1.82) is 0 Å². The number of aryl methyl sites for hydroxylation is 2. The zero-order valence-corrected chi connectivity index (χ0v) is 15.2. The highest BCUT2D eigenvalue weighted by atomic mass is 16.6. The highest BCUT2D eigenvalue weighted by Gasteiger charge is 2.27. The molecule has 2 N–H and O–H groups in total. The molecule has 6 heteroatoms.